The van der Waals surface area contributed by atoms with Crippen LogP contribution in [0.4, 0.5) is 17.6 Å². The van der Waals surface area contributed by atoms with E-state index in [1.807, 2.05) is 11.8 Å². The number of H-pyrrole nitrogens is 1. The third-order valence-electron chi connectivity index (χ3n) is 5.25. The zero-order valence-electron chi connectivity index (χ0n) is 16.1. The molecular weight excluding hydrogens is 400 g/mol. The fraction of sp³-hybridized carbons (Fsp3) is 0.286. The van der Waals surface area contributed by atoms with Gasteiger partial charge in [0.25, 0.3) is 5.56 Å². The molecule has 3 heterocycles. The molecule has 2 aromatic heterocycles. The molecule has 0 atom stereocenters. The second-order valence-electron chi connectivity index (χ2n) is 7.27. The zero-order chi connectivity index (χ0) is 21.5. The summed E-state index contributed by atoms with van der Waals surface area (Å²) in [6.07, 6.45) is -2.53. The number of aromatic amines is 1. The third kappa shape index (κ3) is 3.97. The number of nitrogens with zero attached hydrogens (tertiary/aromatic N) is 3. The molecule has 0 amide bonds. The van der Waals surface area contributed by atoms with E-state index in [0.717, 1.165) is 17.7 Å². The normalized spacial score (nSPS) is 14.6. The number of hydrogen-bond acceptors (Lipinski definition) is 4. The van der Waals surface area contributed by atoms with Gasteiger partial charge in [-0.1, -0.05) is 12.1 Å². The number of benzene rings is 1. The standard InChI is InChI=1S/C21H18F4N4O/c1-12-6-8-26-18(22)15(12)10-29-9-7-17-16(11-29)20(30)28-19(27-17)13-2-4-14(5-3-13)21(23,24)25/h2-6,8H,7,9-11H2,1H3,(H,27,28,30). The SMILES string of the molecule is Cc1ccnc(F)c1CN1CCc2nc(-c3ccc(C(F)(F)F)cc3)[nH]c(=O)c2C1. The van der Waals surface area contributed by atoms with Crippen molar-refractivity contribution in [1.29, 1.82) is 0 Å². The average molecular weight is 418 g/mol. The van der Waals surface area contributed by atoms with Crippen LogP contribution in [0.15, 0.2) is 41.3 Å². The smallest absolute Gasteiger partial charge is 0.306 e. The number of rotatable bonds is 3. The van der Waals surface area contributed by atoms with Gasteiger partial charge in [0.05, 0.1) is 16.8 Å². The molecule has 0 radical (unpaired) electrons. The summed E-state index contributed by atoms with van der Waals surface area (Å²) in [4.78, 5) is 25.4. The van der Waals surface area contributed by atoms with Crippen molar-refractivity contribution >= 4 is 0 Å². The van der Waals surface area contributed by atoms with Crippen molar-refractivity contribution in [2.75, 3.05) is 6.54 Å². The Hall–Kier alpha value is -3.07. The molecule has 1 aromatic carbocycles. The summed E-state index contributed by atoms with van der Waals surface area (Å²) < 4.78 is 52.3. The lowest BCUT2D eigenvalue weighted by atomic mass is 10.0. The summed E-state index contributed by atoms with van der Waals surface area (Å²) in [5.74, 6) is -0.291. The molecule has 0 saturated heterocycles. The maximum absolute atomic E-state index is 14.0. The Morgan fingerprint density at radius 1 is 1.17 bits per heavy atom. The molecule has 30 heavy (non-hydrogen) atoms. The molecule has 4 rings (SSSR count). The monoisotopic (exact) mass is 418 g/mol. The second kappa shape index (κ2) is 7.64. The number of aryl methyl sites for hydroxylation is 1. The highest BCUT2D eigenvalue weighted by molar-refractivity contribution is 5.56. The van der Waals surface area contributed by atoms with Crippen LogP contribution in [0.3, 0.4) is 0 Å². The minimum absolute atomic E-state index is 0.232. The quantitative estimate of drug-likeness (QED) is 0.518. The molecule has 1 aliphatic heterocycles. The van der Waals surface area contributed by atoms with Crippen LogP contribution >= 0.6 is 0 Å². The summed E-state index contributed by atoms with van der Waals surface area (Å²) >= 11 is 0. The Labute approximate surface area is 169 Å². The van der Waals surface area contributed by atoms with Crippen LogP contribution in [0.5, 0.6) is 0 Å². The van der Waals surface area contributed by atoms with Gasteiger partial charge >= 0.3 is 6.18 Å². The highest BCUT2D eigenvalue weighted by Gasteiger charge is 2.30. The number of hydrogen-bond donors (Lipinski definition) is 1. The van der Waals surface area contributed by atoms with E-state index in [2.05, 4.69) is 15.0 Å². The highest BCUT2D eigenvalue weighted by atomic mass is 19.4. The lowest BCUT2D eigenvalue weighted by Crippen LogP contribution is -2.35. The van der Waals surface area contributed by atoms with E-state index < -0.39 is 17.7 Å². The molecule has 0 aliphatic carbocycles. The van der Waals surface area contributed by atoms with Crippen molar-refractivity contribution in [1.82, 2.24) is 19.9 Å². The van der Waals surface area contributed by atoms with Crippen LogP contribution in [0.25, 0.3) is 11.4 Å². The topological polar surface area (TPSA) is 61.9 Å². The first-order valence-electron chi connectivity index (χ1n) is 9.34. The Bertz CT molecular complexity index is 1120. The predicted octanol–water partition coefficient (Wildman–Crippen LogP) is 3.86. The minimum atomic E-state index is -4.43. The molecule has 0 spiro atoms. The van der Waals surface area contributed by atoms with E-state index >= 15 is 0 Å². The van der Waals surface area contributed by atoms with Gasteiger partial charge in [-0.25, -0.2) is 9.97 Å². The molecule has 156 valence electrons. The number of alkyl halides is 3. The summed E-state index contributed by atoms with van der Waals surface area (Å²) in [5, 5.41) is 0. The summed E-state index contributed by atoms with van der Waals surface area (Å²) in [7, 11) is 0. The fourth-order valence-corrected chi connectivity index (χ4v) is 3.54. The average Bonchev–Trinajstić information content (AvgIpc) is 2.70. The molecule has 3 aromatic rings. The lowest BCUT2D eigenvalue weighted by Gasteiger charge is -2.28. The predicted molar refractivity (Wildman–Crippen MR) is 102 cm³/mol. The minimum Gasteiger partial charge on any atom is -0.306 e. The Morgan fingerprint density at radius 3 is 2.57 bits per heavy atom. The molecule has 0 bridgehead atoms. The van der Waals surface area contributed by atoms with E-state index in [1.54, 1.807) is 6.07 Å². The molecule has 1 aliphatic rings. The third-order valence-corrected chi connectivity index (χ3v) is 5.25. The van der Waals surface area contributed by atoms with Gasteiger partial charge in [0, 0.05) is 43.4 Å². The van der Waals surface area contributed by atoms with E-state index in [9.17, 15) is 22.4 Å². The first kappa shape index (κ1) is 20.2. The van der Waals surface area contributed by atoms with Crippen molar-refractivity contribution in [3.8, 4) is 11.4 Å². The van der Waals surface area contributed by atoms with Gasteiger partial charge in [0.15, 0.2) is 0 Å². The molecule has 0 saturated carbocycles. The van der Waals surface area contributed by atoms with Crippen LogP contribution < -0.4 is 5.56 Å². The first-order valence-corrected chi connectivity index (χ1v) is 9.34. The number of nitrogens with one attached hydrogen (secondary N) is 1. The first-order chi connectivity index (χ1) is 14.2. The van der Waals surface area contributed by atoms with Gasteiger partial charge in [0.2, 0.25) is 5.95 Å². The highest BCUT2D eigenvalue weighted by Crippen LogP contribution is 2.30. The molecule has 0 unspecified atom stereocenters. The number of halogens is 4. The largest absolute Gasteiger partial charge is 0.416 e. The van der Waals surface area contributed by atoms with Crippen LogP contribution in [0.1, 0.15) is 27.9 Å². The van der Waals surface area contributed by atoms with Crippen molar-refractivity contribution in [3.05, 3.63) is 80.8 Å². The van der Waals surface area contributed by atoms with E-state index in [1.165, 1.54) is 18.3 Å². The van der Waals surface area contributed by atoms with Crippen LogP contribution in [-0.4, -0.2) is 26.4 Å². The molecular formula is C21H18F4N4O. The van der Waals surface area contributed by atoms with Gasteiger partial charge in [-0.05, 0) is 30.7 Å². The molecule has 1 N–H and O–H groups in total. The zero-order valence-corrected chi connectivity index (χ0v) is 16.1. The van der Waals surface area contributed by atoms with Crippen LogP contribution in [-0.2, 0) is 25.7 Å². The van der Waals surface area contributed by atoms with Gasteiger partial charge in [0.1, 0.15) is 5.82 Å². The van der Waals surface area contributed by atoms with Crippen LogP contribution in [0, 0.1) is 12.9 Å². The summed E-state index contributed by atoms with van der Waals surface area (Å²) in [5.41, 5.74) is 1.67. The van der Waals surface area contributed by atoms with Crippen molar-refractivity contribution in [2.24, 2.45) is 0 Å². The Balaban J connectivity index is 1.58. The fourth-order valence-electron chi connectivity index (χ4n) is 3.54. The van der Waals surface area contributed by atoms with Gasteiger partial charge in [-0.3, -0.25) is 9.69 Å². The Kier molecular flexibility index (Phi) is 5.15. The summed E-state index contributed by atoms with van der Waals surface area (Å²) in [6, 6.07) is 6.23. The number of aromatic nitrogens is 3. The second-order valence-corrected chi connectivity index (χ2v) is 7.27. The summed E-state index contributed by atoms with van der Waals surface area (Å²) in [6.45, 7) is 3.01. The Morgan fingerprint density at radius 2 is 1.90 bits per heavy atom. The lowest BCUT2D eigenvalue weighted by molar-refractivity contribution is -0.137. The number of pyridine rings is 1. The maximum Gasteiger partial charge on any atom is 0.416 e. The van der Waals surface area contributed by atoms with E-state index in [4.69, 9.17) is 0 Å². The molecule has 0 fully saturated rings. The molecule has 9 heteroatoms. The van der Waals surface area contributed by atoms with E-state index in [0.29, 0.717) is 48.4 Å². The van der Waals surface area contributed by atoms with Crippen LogP contribution in [0.2, 0.25) is 0 Å². The van der Waals surface area contributed by atoms with Crippen molar-refractivity contribution in [2.45, 2.75) is 32.6 Å². The van der Waals surface area contributed by atoms with E-state index in [-0.39, 0.29) is 11.4 Å². The van der Waals surface area contributed by atoms with Crippen molar-refractivity contribution in [3.63, 3.8) is 0 Å². The maximum atomic E-state index is 14.0. The number of fused-ring (bicyclic) bond motifs is 1. The molecule has 5 nitrogen and oxygen atoms in total. The van der Waals surface area contributed by atoms with Gasteiger partial charge < -0.3 is 4.98 Å². The van der Waals surface area contributed by atoms with Crippen molar-refractivity contribution < 1.29 is 17.6 Å². The van der Waals surface area contributed by atoms with Gasteiger partial charge in [-0.2, -0.15) is 17.6 Å². The van der Waals surface area contributed by atoms with Gasteiger partial charge in [-0.15, -0.1) is 0 Å².